The van der Waals surface area contributed by atoms with Gasteiger partial charge in [-0.25, -0.2) is 27.3 Å². The molecule has 0 spiro atoms. The highest BCUT2D eigenvalue weighted by molar-refractivity contribution is 7.90. The van der Waals surface area contributed by atoms with E-state index in [1.54, 1.807) is 43.4 Å². The number of benzene rings is 2. The van der Waals surface area contributed by atoms with Gasteiger partial charge in [-0.2, -0.15) is 0 Å². The summed E-state index contributed by atoms with van der Waals surface area (Å²) in [5.41, 5.74) is -0.880. The third-order valence-electron chi connectivity index (χ3n) is 6.70. The van der Waals surface area contributed by atoms with Crippen molar-refractivity contribution in [2.24, 2.45) is 13.0 Å². The summed E-state index contributed by atoms with van der Waals surface area (Å²) in [5, 5.41) is 3.11. The van der Waals surface area contributed by atoms with Crippen molar-refractivity contribution in [3.05, 3.63) is 74.9 Å². The summed E-state index contributed by atoms with van der Waals surface area (Å²) >= 11 is 6.49. The van der Waals surface area contributed by atoms with Gasteiger partial charge in [0.2, 0.25) is 0 Å². The number of rotatable bonds is 6. The molecule has 0 radical (unpaired) electrons. The van der Waals surface area contributed by atoms with Gasteiger partial charge in [-0.1, -0.05) is 42.8 Å². The molecule has 0 saturated heterocycles. The number of urea groups is 1. The van der Waals surface area contributed by atoms with Gasteiger partial charge >= 0.3 is 11.7 Å². The fraction of sp³-hybridized carbons (Fsp3) is 0.400. The van der Waals surface area contributed by atoms with E-state index in [2.05, 4.69) is 17.0 Å². The van der Waals surface area contributed by atoms with Crippen LogP contribution in [0.5, 0.6) is 0 Å². The highest BCUT2D eigenvalue weighted by atomic mass is 35.5. The summed E-state index contributed by atoms with van der Waals surface area (Å²) in [6.07, 6.45) is 3.76. The van der Waals surface area contributed by atoms with Gasteiger partial charge < -0.3 is 5.32 Å². The van der Waals surface area contributed by atoms with Crippen molar-refractivity contribution in [2.75, 3.05) is 0 Å². The first-order valence-corrected chi connectivity index (χ1v) is 13.8. The average Bonchev–Trinajstić information content (AvgIpc) is 2.84. The van der Waals surface area contributed by atoms with Crippen LogP contribution in [0.1, 0.15) is 43.7 Å². The molecule has 0 aliphatic heterocycles. The monoisotopic (exact) mass is 532 g/mol. The highest BCUT2D eigenvalue weighted by Crippen LogP contribution is 2.23. The number of aryl methyl sites for hydroxylation is 1. The first-order valence-electron chi connectivity index (χ1n) is 11.8. The Morgan fingerprint density at radius 3 is 2.36 bits per heavy atom. The van der Waals surface area contributed by atoms with E-state index in [0.29, 0.717) is 22.4 Å². The number of carbonyl (C=O) groups is 1. The van der Waals surface area contributed by atoms with Crippen LogP contribution in [0.3, 0.4) is 0 Å². The number of nitrogens with zero attached hydrogens (tertiary/aromatic N) is 2. The van der Waals surface area contributed by atoms with E-state index in [4.69, 9.17) is 11.6 Å². The molecule has 1 aliphatic carbocycles. The number of fused-ring (bicyclic) bond motifs is 1. The zero-order valence-corrected chi connectivity index (χ0v) is 21.7. The normalized spacial score (nSPS) is 19.1. The Kier molecular flexibility index (Phi) is 7.56. The Morgan fingerprint density at radius 1 is 1.06 bits per heavy atom. The maximum Gasteiger partial charge on any atom is 0.332 e. The fourth-order valence-corrected chi connectivity index (χ4v) is 5.83. The number of aromatic nitrogens is 2. The molecule has 11 heteroatoms. The lowest BCUT2D eigenvalue weighted by atomic mass is 9.87. The minimum absolute atomic E-state index is 0.0364. The second-order valence-electron chi connectivity index (χ2n) is 9.35. The predicted molar refractivity (Wildman–Crippen MR) is 139 cm³/mol. The van der Waals surface area contributed by atoms with Gasteiger partial charge in [0, 0.05) is 19.5 Å². The lowest BCUT2D eigenvalue weighted by Crippen LogP contribution is -2.45. The van der Waals surface area contributed by atoms with Crippen LogP contribution < -0.4 is 21.3 Å². The van der Waals surface area contributed by atoms with Crippen LogP contribution >= 0.6 is 11.6 Å². The molecular weight excluding hydrogens is 504 g/mol. The number of para-hydroxylation sites is 1. The van der Waals surface area contributed by atoms with Crippen molar-refractivity contribution in [3.63, 3.8) is 0 Å². The number of carbonyl (C=O) groups excluding carboxylic acids is 1. The summed E-state index contributed by atoms with van der Waals surface area (Å²) in [6.45, 7) is 2.16. The van der Waals surface area contributed by atoms with Crippen LogP contribution in [0.15, 0.2) is 63.0 Å². The van der Waals surface area contributed by atoms with E-state index in [-0.39, 0.29) is 17.4 Å². The zero-order chi connectivity index (χ0) is 26.0. The number of halogens is 1. The molecule has 1 atom stereocenters. The molecular formula is C25H29ClN4O5S. The first-order chi connectivity index (χ1) is 17.1. The molecule has 2 aromatic carbocycles. The molecule has 0 bridgehead atoms. The van der Waals surface area contributed by atoms with E-state index in [1.807, 2.05) is 0 Å². The molecule has 1 saturated carbocycles. The van der Waals surface area contributed by atoms with Crippen molar-refractivity contribution in [1.29, 1.82) is 0 Å². The molecule has 1 fully saturated rings. The van der Waals surface area contributed by atoms with Gasteiger partial charge in [-0.3, -0.25) is 9.36 Å². The van der Waals surface area contributed by atoms with E-state index >= 15 is 0 Å². The van der Waals surface area contributed by atoms with Crippen molar-refractivity contribution in [3.8, 4) is 0 Å². The van der Waals surface area contributed by atoms with Crippen molar-refractivity contribution in [2.45, 2.75) is 55.5 Å². The summed E-state index contributed by atoms with van der Waals surface area (Å²) in [7, 11) is -2.49. The van der Waals surface area contributed by atoms with Crippen molar-refractivity contribution < 1.29 is 13.2 Å². The van der Waals surface area contributed by atoms with Gasteiger partial charge in [0.15, 0.2) is 0 Å². The Morgan fingerprint density at radius 2 is 1.69 bits per heavy atom. The maximum atomic E-state index is 12.9. The Hall–Kier alpha value is -3.11. The van der Waals surface area contributed by atoms with Crippen molar-refractivity contribution in [1.82, 2.24) is 19.2 Å². The SMILES string of the molecule is CC1CCC(NC(=O)NS(=O)(=O)c2ccc(CC(Cl)n3c(=O)c4ccccc4n(C)c3=O)cc2)CC1. The van der Waals surface area contributed by atoms with Gasteiger partial charge in [0.05, 0.1) is 15.8 Å². The van der Waals surface area contributed by atoms with Gasteiger partial charge in [0.25, 0.3) is 15.6 Å². The van der Waals surface area contributed by atoms with Gasteiger partial charge in [-0.05, 0) is 61.4 Å². The third-order valence-corrected chi connectivity index (χ3v) is 8.40. The first kappa shape index (κ1) is 26.0. The van der Waals surface area contributed by atoms with Crippen LogP contribution in [-0.2, 0) is 23.5 Å². The minimum Gasteiger partial charge on any atom is -0.335 e. The molecule has 3 aromatic rings. The van der Waals surface area contributed by atoms with Gasteiger partial charge in [0.1, 0.15) is 5.50 Å². The second kappa shape index (κ2) is 10.5. The molecule has 1 unspecified atom stereocenters. The molecule has 1 aliphatic rings. The van der Waals surface area contributed by atoms with Crippen LogP contribution in [-0.4, -0.2) is 29.6 Å². The highest BCUT2D eigenvalue weighted by Gasteiger charge is 2.23. The Bertz CT molecular complexity index is 1490. The summed E-state index contributed by atoms with van der Waals surface area (Å²) in [5.74, 6) is 0.615. The van der Waals surface area contributed by atoms with Crippen LogP contribution in [0.2, 0.25) is 0 Å². The molecule has 2 amide bonds. The number of hydrogen-bond donors (Lipinski definition) is 2. The van der Waals surface area contributed by atoms with E-state index in [9.17, 15) is 22.8 Å². The van der Waals surface area contributed by atoms with E-state index < -0.39 is 32.8 Å². The zero-order valence-electron chi connectivity index (χ0n) is 20.1. The Labute approximate surface area is 214 Å². The summed E-state index contributed by atoms with van der Waals surface area (Å²) in [4.78, 5) is 37.9. The predicted octanol–water partition coefficient (Wildman–Crippen LogP) is 3.25. The molecule has 4 rings (SSSR count). The van der Waals surface area contributed by atoms with E-state index in [1.165, 1.54) is 16.7 Å². The quantitative estimate of drug-likeness (QED) is 0.472. The minimum atomic E-state index is -4.07. The number of hydrogen-bond acceptors (Lipinski definition) is 5. The largest absolute Gasteiger partial charge is 0.335 e. The number of sulfonamides is 1. The molecule has 1 aromatic heterocycles. The third kappa shape index (κ3) is 5.49. The smallest absolute Gasteiger partial charge is 0.332 e. The number of alkyl halides is 1. The maximum absolute atomic E-state index is 12.9. The second-order valence-corrected chi connectivity index (χ2v) is 11.5. The average molecular weight is 533 g/mol. The number of amides is 2. The van der Waals surface area contributed by atoms with Gasteiger partial charge in [-0.15, -0.1) is 0 Å². The molecule has 192 valence electrons. The molecule has 2 N–H and O–H groups in total. The van der Waals surface area contributed by atoms with Crippen LogP contribution in [0.4, 0.5) is 4.79 Å². The van der Waals surface area contributed by atoms with E-state index in [0.717, 1.165) is 30.3 Å². The topological polar surface area (TPSA) is 119 Å². The fourth-order valence-electron chi connectivity index (χ4n) is 4.57. The van der Waals surface area contributed by atoms with Crippen LogP contribution in [0, 0.1) is 5.92 Å². The summed E-state index contributed by atoms with van der Waals surface area (Å²) in [6, 6.07) is 11.8. The number of nitrogens with one attached hydrogen (secondary N) is 2. The lowest BCUT2D eigenvalue weighted by molar-refractivity contribution is 0.233. The molecule has 1 heterocycles. The Balaban J connectivity index is 1.46. The molecule has 36 heavy (non-hydrogen) atoms. The lowest BCUT2D eigenvalue weighted by Gasteiger charge is -2.26. The van der Waals surface area contributed by atoms with Crippen molar-refractivity contribution >= 4 is 38.6 Å². The standard InChI is InChI=1S/C25H29ClN4O5S/c1-16-7-11-18(12-8-16)27-24(32)28-36(34,35)19-13-9-17(10-14-19)15-22(26)30-23(31)20-5-3-4-6-21(20)29(2)25(30)33/h3-6,9-10,13-14,16,18,22H,7-8,11-12,15H2,1-2H3,(H2,27,28,32). The summed E-state index contributed by atoms with van der Waals surface area (Å²) < 4.78 is 29.7. The van der Waals surface area contributed by atoms with Crippen LogP contribution in [0.25, 0.3) is 10.9 Å². The molecule has 9 nitrogen and oxygen atoms in total.